The quantitative estimate of drug-likeness (QED) is 0.122. The first-order valence-corrected chi connectivity index (χ1v) is 19.1. The maximum Gasteiger partial charge on any atom is 0.306 e. The summed E-state index contributed by atoms with van der Waals surface area (Å²) in [6, 6.07) is 0. The molecule has 3 saturated carbocycles. The Kier molecular flexibility index (Phi) is 11.5. The van der Waals surface area contributed by atoms with Crippen molar-refractivity contribution in [3.05, 3.63) is 23.8 Å². The smallest absolute Gasteiger partial charge is 0.306 e. The molecule has 0 aromatic rings. The van der Waals surface area contributed by atoms with Crippen molar-refractivity contribution in [3.63, 3.8) is 0 Å². The van der Waals surface area contributed by atoms with E-state index in [0.29, 0.717) is 24.8 Å². The van der Waals surface area contributed by atoms with Gasteiger partial charge in [-0.1, -0.05) is 103 Å². The van der Waals surface area contributed by atoms with Gasteiger partial charge in [0.05, 0.1) is 12.2 Å². The number of hydrogen-bond acceptors (Lipinski definition) is 7. The number of aliphatic hydroxyl groups excluding tert-OH is 1. The van der Waals surface area contributed by atoms with E-state index in [1.165, 1.54) is 76.4 Å². The fourth-order valence-electron chi connectivity index (χ4n) is 10.4. The van der Waals surface area contributed by atoms with Gasteiger partial charge in [0.1, 0.15) is 0 Å². The highest BCUT2D eigenvalue weighted by molar-refractivity contribution is 6.01. The van der Waals surface area contributed by atoms with Crippen LogP contribution in [0.2, 0.25) is 0 Å². The Morgan fingerprint density at radius 1 is 0.938 bits per heavy atom. The second-order valence-corrected chi connectivity index (χ2v) is 16.4. The first kappa shape index (κ1) is 37.4. The van der Waals surface area contributed by atoms with Crippen LogP contribution in [0.3, 0.4) is 0 Å². The van der Waals surface area contributed by atoms with Crippen molar-refractivity contribution in [3.8, 4) is 0 Å². The van der Waals surface area contributed by atoms with Gasteiger partial charge in [0, 0.05) is 23.2 Å². The minimum Gasteiger partial charge on any atom is -0.458 e. The zero-order valence-corrected chi connectivity index (χ0v) is 30.3. The average Bonchev–Trinajstić information content (AvgIpc) is 3.44. The number of fused-ring (bicyclic) bond motifs is 7. The number of ether oxygens (including phenoxy) is 3. The average molecular weight is 673 g/mol. The van der Waals surface area contributed by atoms with E-state index in [0.717, 1.165) is 19.3 Å². The van der Waals surface area contributed by atoms with Crippen molar-refractivity contribution in [1.29, 1.82) is 0 Å². The van der Waals surface area contributed by atoms with Crippen LogP contribution in [0, 0.1) is 22.7 Å². The van der Waals surface area contributed by atoms with Crippen LogP contribution >= 0.6 is 0 Å². The zero-order valence-electron chi connectivity index (χ0n) is 30.3. The third-order valence-electron chi connectivity index (χ3n) is 12.9. The standard InChI is InChI=1S/C40H61FO7/c1-6-7-8-9-10-11-12-13-14-15-16-17-18-19-35(45)46-27-33(44)40-34(47-36(2,3)48-40)25-31-30-21-20-28-24-29(42)22-23-37(28,4)39(30,41)32(43)26-38(31,40)5/h22-24,30-32,34,43H,6-21,25-27H2,1-5H3/t30-,31-,32+,34-,37+,38-,39-,40+/m1/s1. The van der Waals surface area contributed by atoms with Crippen molar-refractivity contribution in [2.75, 3.05) is 6.61 Å². The van der Waals surface area contributed by atoms with Gasteiger partial charge in [-0.05, 0) is 70.9 Å². The minimum absolute atomic E-state index is 0.0100. The Morgan fingerprint density at radius 3 is 2.17 bits per heavy atom. The van der Waals surface area contributed by atoms with E-state index in [4.69, 9.17) is 14.2 Å². The molecular formula is C40H61FO7. The van der Waals surface area contributed by atoms with Gasteiger partial charge >= 0.3 is 5.97 Å². The minimum atomic E-state index is -2.02. The Labute approximate surface area is 287 Å². The number of allylic oxidation sites excluding steroid dienone is 4. The first-order chi connectivity index (χ1) is 22.7. The Bertz CT molecular complexity index is 1260. The summed E-state index contributed by atoms with van der Waals surface area (Å²) in [5.41, 5.74) is -4.85. The third-order valence-corrected chi connectivity index (χ3v) is 12.9. The molecule has 0 spiro atoms. The van der Waals surface area contributed by atoms with E-state index in [1.807, 2.05) is 6.92 Å². The Hall–Kier alpha value is -1.90. The van der Waals surface area contributed by atoms with Gasteiger partial charge in [-0.15, -0.1) is 0 Å². The number of carbonyl (C=O) groups excluding carboxylic acids is 3. The van der Waals surface area contributed by atoms with Crippen molar-refractivity contribution in [2.45, 2.75) is 179 Å². The number of rotatable bonds is 17. The predicted octanol–water partition coefficient (Wildman–Crippen LogP) is 8.45. The fourth-order valence-corrected chi connectivity index (χ4v) is 10.4. The highest BCUT2D eigenvalue weighted by Crippen LogP contribution is 2.72. The van der Waals surface area contributed by atoms with Crippen LogP contribution in [0.1, 0.15) is 150 Å². The topological polar surface area (TPSA) is 99.1 Å². The lowest BCUT2D eigenvalue weighted by Crippen LogP contribution is -2.70. The summed E-state index contributed by atoms with van der Waals surface area (Å²) in [6.45, 7) is 9.04. The molecule has 0 aromatic carbocycles. The van der Waals surface area contributed by atoms with Crippen LogP contribution in [0.5, 0.6) is 0 Å². The summed E-state index contributed by atoms with van der Waals surface area (Å²) in [5, 5.41) is 11.7. The normalized spacial score (nSPS) is 37.7. The first-order valence-electron chi connectivity index (χ1n) is 19.1. The Morgan fingerprint density at radius 2 is 1.54 bits per heavy atom. The molecule has 48 heavy (non-hydrogen) atoms. The van der Waals surface area contributed by atoms with E-state index in [9.17, 15) is 19.5 Å². The van der Waals surface area contributed by atoms with Crippen LogP contribution < -0.4 is 0 Å². The maximum absolute atomic E-state index is 17.6. The molecule has 0 radical (unpaired) electrons. The van der Waals surface area contributed by atoms with Gasteiger partial charge in [-0.25, -0.2) is 4.39 Å². The van der Waals surface area contributed by atoms with Crippen molar-refractivity contribution in [1.82, 2.24) is 0 Å². The molecule has 4 aliphatic carbocycles. The number of hydrogen-bond donors (Lipinski definition) is 1. The van der Waals surface area contributed by atoms with E-state index >= 15 is 4.39 Å². The van der Waals surface area contributed by atoms with Crippen LogP contribution in [0.15, 0.2) is 23.8 Å². The van der Waals surface area contributed by atoms with Gasteiger partial charge in [-0.3, -0.25) is 14.4 Å². The molecule has 4 fully saturated rings. The highest BCUT2D eigenvalue weighted by Gasteiger charge is 2.80. The SMILES string of the molecule is CCCCCCCCCCCCCCCC(=O)OCC(=O)[C@]12OC(C)(C)O[C@@H]1C[C@@H]1[C@H]3CCC4=CC(=O)C=C[C@]4(C)[C@]3(F)[C@@H](O)C[C@]12C. The molecule has 5 rings (SSSR count). The lowest BCUT2D eigenvalue weighted by Gasteiger charge is -2.62. The van der Waals surface area contributed by atoms with Gasteiger partial charge in [0.15, 0.2) is 29.4 Å². The summed E-state index contributed by atoms with van der Waals surface area (Å²) < 4.78 is 36.1. The maximum atomic E-state index is 17.6. The largest absolute Gasteiger partial charge is 0.458 e. The number of esters is 1. The monoisotopic (exact) mass is 672 g/mol. The van der Waals surface area contributed by atoms with Gasteiger partial charge in [0.25, 0.3) is 0 Å². The van der Waals surface area contributed by atoms with Crippen molar-refractivity contribution >= 4 is 17.5 Å². The molecule has 1 aliphatic heterocycles. The molecule has 270 valence electrons. The number of alkyl halides is 1. The number of Topliss-reactive ketones (excluding diaryl/α,β-unsaturated/α-hetero) is 1. The second-order valence-electron chi connectivity index (χ2n) is 16.4. The molecule has 8 atom stereocenters. The predicted molar refractivity (Wildman–Crippen MR) is 183 cm³/mol. The van der Waals surface area contributed by atoms with E-state index in [1.54, 1.807) is 26.8 Å². The van der Waals surface area contributed by atoms with Crippen LogP contribution in [-0.2, 0) is 28.6 Å². The summed E-state index contributed by atoms with van der Waals surface area (Å²) in [7, 11) is 0. The molecule has 0 aromatic heterocycles. The number of ketones is 2. The Balaban J connectivity index is 1.15. The van der Waals surface area contributed by atoms with Crippen molar-refractivity contribution in [2.24, 2.45) is 22.7 Å². The van der Waals surface area contributed by atoms with Gasteiger partial charge < -0.3 is 19.3 Å². The number of carbonyl (C=O) groups is 3. The molecule has 0 unspecified atom stereocenters. The van der Waals surface area contributed by atoms with Crippen LogP contribution in [0.4, 0.5) is 4.39 Å². The number of aliphatic hydroxyl groups is 1. The molecule has 0 amide bonds. The molecule has 8 heteroatoms. The van der Waals surface area contributed by atoms with Gasteiger partial charge in [-0.2, -0.15) is 0 Å². The molecule has 1 N–H and O–H groups in total. The molecule has 1 saturated heterocycles. The van der Waals surface area contributed by atoms with E-state index in [2.05, 4.69) is 6.92 Å². The van der Waals surface area contributed by atoms with Gasteiger partial charge in [0.2, 0.25) is 5.78 Å². The molecule has 0 bridgehead atoms. The molecule has 7 nitrogen and oxygen atoms in total. The van der Waals surface area contributed by atoms with Crippen LogP contribution in [-0.4, -0.2) is 58.5 Å². The fraction of sp³-hybridized carbons (Fsp3) is 0.825. The molecule has 1 heterocycles. The molecule has 5 aliphatic rings. The number of halogens is 1. The molecular weight excluding hydrogens is 611 g/mol. The number of unbranched alkanes of at least 4 members (excludes halogenated alkanes) is 12. The zero-order chi connectivity index (χ0) is 34.8. The summed E-state index contributed by atoms with van der Waals surface area (Å²) >= 11 is 0. The second kappa shape index (κ2) is 14.8. The van der Waals surface area contributed by atoms with E-state index < -0.39 is 58.6 Å². The lowest BCUT2D eigenvalue weighted by atomic mass is 9.44. The third kappa shape index (κ3) is 6.64. The summed E-state index contributed by atoms with van der Waals surface area (Å²) in [5.74, 6) is -2.90. The lowest BCUT2D eigenvalue weighted by molar-refractivity contribution is -0.246. The highest BCUT2D eigenvalue weighted by atomic mass is 19.1. The summed E-state index contributed by atoms with van der Waals surface area (Å²) in [4.78, 5) is 39.2. The van der Waals surface area contributed by atoms with Crippen LogP contribution in [0.25, 0.3) is 0 Å². The summed E-state index contributed by atoms with van der Waals surface area (Å²) in [6.07, 6.45) is 20.0. The van der Waals surface area contributed by atoms with Crippen molar-refractivity contribution < 1.29 is 38.1 Å². The van der Waals surface area contributed by atoms with E-state index in [-0.39, 0.29) is 30.3 Å².